The third-order valence-electron chi connectivity index (χ3n) is 2.50. The largest absolute Gasteiger partial charge is 0.416 e. The molecule has 0 aliphatic carbocycles. The summed E-state index contributed by atoms with van der Waals surface area (Å²) in [4.78, 5) is 1.28. The lowest BCUT2D eigenvalue weighted by atomic mass is 10.1. The molecule has 0 aromatic heterocycles. The Hall–Kier alpha value is -1.21. The van der Waals surface area contributed by atoms with E-state index in [1.54, 1.807) is 0 Å². The van der Waals surface area contributed by atoms with E-state index < -0.39 is 24.7 Å². The van der Waals surface area contributed by atoms with Gasteiger partial charge < -0.3 is 5.11 Å². The zero-order chi connectivity index (χ0) is 14.5. The normalized spacial score (nSPS) is 12.4. The first kappa shape index (κ1) is 15.8. The van der Waals surface area contributed by atoms with Gasteiger partial charge in [0.25, 0.3) is 6.43 Å². The third-order valence-corrected chi connectivity index (χ3v) is 2.50. The molecule has 0 amide bonds. The Labute approximate surface area is 107 Å². The van der Waals surface area contributed by atoms with Gasteiger partial charge in [-0.1, -0.05) is 12.1 Å². The molecule has 2 nitrogen and oxygen atoms in total. The van der Waals surface area contributed by atoms with Gasteiger partial charge in [-0.2, -0.15) is 13.2 Å². The number of nitrogens with zero attached hydrogens (tertiary/aromatic N) is 1. The van der Waals surface area contributed by atoms with Gasteiger partial charge in [0.15, 0.2) is 0 Å². The van der Waals surface area contributed by atoms with Crippen molar-refractivity contribution < 1.29 is 27.1 Å². The zero-order valence-corrected chi connectivity index (χ0v) is 10.00. The highest BCUT2D eigenvalue weighted by molar-refractivity contribution is 5.24. The topological polar surface area (TPSA) is 23.5 Å². The Morgan fingerprint density at radius 1 is 1.11 bits per heavy atom. The van der Waals surface area contributed by atoms with E-state index in [1.165, 1.54) is 17.0 Å². The number of aliphatic hydroxyl groups excluding tert-OH is 1. The molecule has 0 aliphatic heterocycles. The minimum atomic E-state index is -4.41. The van der Waals surface area contributed by atoms with Gasteiger partial charge in [0, 0.05) is 13.1 Å². The Kier molecular flexibility index (Phi) is 5.68. The first-order chi connectivity index (χ1) is 8.82. The predicted molar refractivity (Wildman–Crippen MR) is 59.8 cm³/mol. The van der Waals surface area contributed by atoms with Crippen molar-refractivity contribution in [3.8, 4) is 0 Å². The molecule has 0 radical (unpaired) electrons. The molecular formula is C12H14F5NO. The van der Waals surface area contributed by atoms with Crippen molar-refractivity contribution in [2.75, 3.05) is 19.7 Å². The molecule has 0 bridgehead atoms. The number of halogens is 5. The molecule has 0 saturated carbocycles. The average Bonchev–Trinajstić information content (AvgIpc) is 2.28. The fraction of sp³-hybridized carbons (Fsp3) is 0.500. The Balaban J connectivity index is 2.69. The van der Waals surface area contributed by atoms with Crippen LogP contribution in [0.25, 0.3) is 0 Å². The van der Waals surface area contributed by atoms with Crippen molar-refractivity contribution in [2.45, 2.75) is 19.1 Å². The molecule has 7 heteroatoms. The van der Waals surface area contributed by atoms with Crippen LogP contribution in [0.1, 0.15) is 11.1 Å². The first-order valence-electron chi connectivity index (χ1n) is 5.60. The van der Waals surface area contributed by atoms with E-state index in [0.29, 0.717) is 5.56 Å². The van der Waals surface area contributed by atoms with Gasteiger partial charge in [-0.15, -0.1) is 0 Å². The molecule has 0 unspecified atom stereocenters. The van der Waals surface area contributed by atoms with Crippen molar-refractivity contribution in [1.82, 2.24) is 4.90 Å². The number of hydrogen-bond acceptors (Lipinski definition) is 2. The van der Waals surface area contributed by atoms with Crippen molar-refractivity contribution in [2.24, 2.45) is 0 Å². The fourth-order valence-corrected chi connectivity index (χ4v) is 1.63. The number of alkyl halides is 5. The molecule has 0 heterocycles. The van der Waals surface area contributed by atoms with Crippen LogP contribution >= 0.6 is 0 Å². The molecule has 0 fully saturated rings. The first-order valence-corrected chi connectivity index (χ1v) is 5.60. The summed E-state index contributed by atoms with van der Waals surface area (Å²) in [5.41, 5.74) is -0.291. The Morgan fingerprint density at radius 3 is 2.11 bits per heavy atom. The summed E-state index contributed by atoms with van der Waals surface area (Å²) < 4.78 is 61.5. The number of benzene rings is 1. The smallest absolute Gasteiger partial charge is 0.395 e. The van der Waals surface area contributed by atoms with Gasteiger partial charge >= 0.3 is 6.18 Å². The Morgan fingerprint density at radius 2 is 1.68 bits per heavy atom. The van der Waals surface area contributed by atoms with Gasteiger partial charge in [0.1, 0.15) is 0 Å². The van der Waals surface area contributed by atoms with E-state index in [2.05, 4.69) is 0 Å². The minimum absolute atomic E-state index is 0.0470. The highest BCUT2D eigenvalue weighted by atomic mass is 19.4. The maximum atomic E-state index is 12.3. The van der Waals surface area contributed by atoms with E-state index in [0.717, 1.165) is 12.1 Å². The van der Waals surface area contributed by atoms with Crippen LogP contribution in [-0.4, -0.2) is 36.1 Å². The average molecular weight is 283 g/mol. The van der Waals surface area contributed by atoms with Crippen molar-refractivity contribution >= 4 is 0 Å². The van der Waals surface area contributed by atoms with Gasteiger partial charge in [-0.3, -0.25) is 4.90 Å². The van der Waals surface area contributed by atoms with E-state index in [9.17, 15) is 22.0 Å². The second-order valence-electron chi connectivity index (χ2n) is 4.04. The van der Waals surface area contributed by atoms with Crippen molar-refractivity contribution in [3.05, 3.63) is 35.4 Å². The second-order valence-corrected chi connectivity index (χ2v) is 4.04. The highest BCUT2D eigenvalue weighted by Gasteiger charge is 2.29. The lowest BCUT2D eigenvalue weighted by Crippen LogP contribution is -2.31. The van der Waals surface area contributed by atoms with E-state index >= 15 is 0 Å². The zero-order valence-electron chi connectivity index (χ0n) is 10.00. The number of hydrogen-bond donors (Lipinski definition) is 1. The van der Waals surface area contributed by atoms with Crippen LogP contribution in [-0.2, 0) is 12.7 Å². The van der Waals surface area contributed by atoms with Crippen LogP contribution < -0.4 is 0 Å². The molecule has 1 N–H and O–H groups in total. The van der Waals surface area contributed by atoms with Crippen LogP contribution in [0, 0.1) is 0 Å². The standard InChI is InChI=1S/C12H14F5NO/c13-11(14)8-18(5-6-19)7-9-1-3-10(4-2-9)12(15,16)17/h1-4,11,19H,5-8H2. The summed E-state index contributed by atoms with van der Waals surface area (Å²) in [5.74, 6) is 0. The van der Waals surface area contributed by atoms with Crippen molar-refractivity contribution in [3.63, 3.8) is 0 Å². The number of aliphatic hydroxyl groups is 1. The lowest BCUT2D eigenvalue weighted by molar-refractivity contribution is -0.137. The summed E-state index contributed by atoms with van der Waals surface area (Å²) in [6.45, 7) is -0.691. The molecule has 0 aliphatic rings. The van der Waals surface area contributed by atoms with Crippen molar-refractivity contribution in [1.29, 1.82) is 0 Å². The number of rotatable bonds is 6. The van der Waals surface area contributed by atoms with Crippen LogP contribution in [0.5, 0.6) is 0 Å². The molecule has 19 heavy (non-hydrogen) atoms. The molecular weight excluding hydrogens is 269 g/mol. The van der Waals surface area contributed by atoms with Crippen LogP contribution in [0.15, 0.2) is 24.3 Å². The van der Waals surface area contributed by atoms with Gasteiger partial charge in [-0.05, 0) is 17.7 Å². The third kappa shape index (κ3) is 5.52. The summed E-state index contributed by atoms with van der Waals surface area (Å²) >= 11 is 0. The minimum Gasteiger partial charge on any atom is -0.395 e. The summed E-state index contributed by atoms with van der Waals surface area (Å²) in [5, 5.41) is 8.74. The lowest BCUT2D eigenvalue weighted by Gasteiger charge is -2.21. The Bertz CT molecular complexity index is 377. The summed E-state index contributed by atoms with van der Waals surface area (Å²) in [7, 11) is 0. The van der Waals surface area contributed by atoms with Crippen LogP contribution in [0.3, 0.4) is 0 Å². The molecule has 1 rings (SSSR count). The molecule has 0 saturated heterocycles. The quantitative estimate of drug-likeness (QED) is 0.811. The molecule has 1 aromatic carbocycles. The molecule has 1 aromatic rings. The van der Waals surface area contributed by atoms with Gasteiger partial charge in [0.05, 0.1) is 18.7 Å². The van der Waals surface area contributed by atoms with E-state index in [1.807, 2.05) is 0 Å². The fourth-order valence-electron chi connectivity index (χ4n) is 1.63. The van der Waals surface area contributed by atoms with E-state index in [4.69, 9.17) is 5.11 Å². The maximum Gasteiger partial charge on any atom is 0.416 e. The summed E-state index contributed by atoms with van der Waals surface area (Å²) in [6.07, 6.45) is -6.97. The van der Waals surface area contributed by atoms with Gasteiger partial charge in [0.2, 0.25) is 0 Å². The second kappa shape index (κ2) is 6.81. The summed E-state index contributed by atoms with van der Waals surface area (Å²) in [6, 6.07) is 4.32. The molecule has 0 atom stereocenters. The van der Waals surface area contributed by atoms with E-state index in [-0.39, 0.29) is 19.7 Å². The maximum absolute atomic E-state index is 12.3. The highest BCUT2D eigenvalue weighted by Crippen LogP contribution is 2.29. The monoisotopic (exact) mass is 283 g/mol. The molecule has 108 valence electrons. The SMILES string of the molecule is OCCN(Cc1ccc(C(F)(F)F)cc1)CC(F)F. The van der Waals surface area contributed by atoms with Gasteiger partial charge in [-0.25, -0.2) is 8.78 Å². The predicted octanol–water partition coefficient (Wildman–Crippen LogP) is 2.76. The van der Waals surface area contributed by atoms with Crippen LogP contribution in [0.2, 0.25) is 0 Å². The van der Waals surface area contributed by atoms with Crippen LogP contribution in [0.4, 0.5) is 22.0 Å². The molecule has 0 spiro atoms.